The van der Waals surface area contributed by atoms with Crippen molar-refractivity contribution in [3.05, 3.63) is 12.2 Å². The summed E-state index contributed by atoms with van der Waals surface area (Å²) in [6.45, 7) is 0.626. The van der Waals surface area contributed by atoms with Crippen molar-refractivity contribution >= 4 is 12.6 Å². The maximum atomic E-state index is 5.09. The SMILES string of the molecule is NC/C=C/CS. The first-order chi connectivity index (χ1) is 2.91. The second kappa shape index (κ2) is 5.05. The summed E-state index contributed by atoms with van der Waals surface area (Å²) in [5.74, 6) is 0.789. The van der Waals surface area contributed by atoms with E-state index in [0.29, 0.717) is 6.54 Å². The molecule has 0 aromatic rings. The molecule has 6 heavy (non-hydrogen) atoms. The van der Waals surface area contributed by atoms with Gasteiger partial charge in [-0.2, -0.15) is 12.6 Å². The Morgan fingerprint density at radius 3 is 2.33 bits per heavy atom. The molecular weight excluding hydrogens is 94.1 g/mol. The third-order valence-corrected chi connectivity index (χ3v) is 0.619. The number of hydrogen-bond donors (Lipinski definition) is 2. The predicted molar refractivity (Wildman–Crippen MR) is 32.0 cm³/mol. The topological polar surface area (TPSA) is 26.0 Å². The van der Waals surface area contributed by atoms with Crippen LogP contribution in [0, 0.1) is 0 Å². The molecule has 0 bridgehead atoms. The molecule has 0 heterocycles. The van der Waals surface area contributed by atoms with Crippen LogP contribution in [0.4, 0.5) is 0 Å². The van der Waals surface area contributed by atoms with Gasteiger partial charge in [0.1, 0.15) is 0 Å². The summed E-state index contributed by atoms with van der Waals surface area (Å²) in [7, 11) is 0. The molecule has 0 aromatic carbocycles. The minimum Gasteiger partial charge on any atom is -0.327 e. The van der Waals surface area contributed by atoms with Crippen molar-refractivity contribution in [2.75, 3.05) is 12.3 Å². The monoisotopic (exact) mass is 103 g/mol. The highest BCUT2D eigenvalue weighted by Gasteiger charge is 1.60. The number of rotatable bonds is 2. The standard InChI is InChI=1S/C4H9NS/c5-3-1-2-4-6/h1-2,6H,3-5H2/b2-1+. The van der Waals surface area contributed by atoms with E-state index in [4.69, 9.17) is 5.73 Å². The van der Waals surface area contributed by atoms with E-state index in [1.165, 1.54) is 0 Å². The smallest absolute Gasteiger partial charge is 0.0107 e. The molecule has 0 saturated carbocycles. The lowest BCUT2D eigenvalue weighted by Gasteiger charge is -1.73. The van der Waals surface area contributed by atoms with Crippen LogP contribution in [0.25, 0.3) is 0 Å². The van der Waals surface area contributed by atoms with E-state index in [2.05, 4.69) is 12.6 Å². The van der Waals surface area contributed by atoms with Crippen molar-refractivity contribution in [3.8, 4) is 0 Å². The van der Waals surface area contributed by atoms with Gasteiger partial charge in [0, 0.05) is 12.3 Å². The first kappa shape index (κ1) is 6.05. The van der Waals surface area contributed by atoms with Crippen molar-refractivity contribution in [3.63, 3.8) is 0 Å². The first-order valence-corrected chi connectivity index (χ1v) is 2.51. The normalized spacial score (nSPS) is 10.3. The Morgan fingerprint density at radius 1 is 1.50 bits per heavy atom. The Hall–Kier alpha value is 0.0500. The molecule has 36 valence electrons. The molecule has 0 rings (SSSR count). The van der Waals surface area contributed by atoms with Crippen LogP contribution in [-0.2, 0) is 0 Å². The molecule has 0 saturated heterocycles. The molecule has 0 atom stereocenters. The highest BCUT2D eigenvalue weighted by atomic mass is 32.1. The maximum absolute atomic E-state index is 5.09. The lowest BCUT2D eigenvalue weighted by atomic mass is 10.5. The van der Waals surface area contributed by atoms with E-state index < -0.39 is 0 Å². The Morgan fingerprint density at radius 2 is 2.17 bits per heavy atom. The lowest BCUT2D eigenvalue weighted by molar-refractivity contribution is 1.25. The lowest BCUT2D eigenvalue weighted by Crippen LogP contribution is -1.91. The van der Waals surface area contributed by atoms with Crippen LogP contribution in [0.15, 0.2) is 12.2 Å². The number of thiol groups is 1. The van der Waals surface area contributed by atoms with Crippen LogP contribution in [-0.4, -0.2) is 12.3 Å². The van der Waals surface area contributed by atoms with Crippen molar-refractivity contribution < 1.29 is 0 Å². The van der Waals surface area contributed by atoms with Gasteiger partial charge < -0.3 is 5.73 Å². The fourth-order valence-corrected chi connectivity index (χ4v) is 0.320. The summed E-state index contributed by atoms with van der Waals surface area (Å²) in [6, 6.07) is 0. The van der Waals surface area contributed by atoms with Gasteiger partial charge in [-0.05, 0) is 0 Å². The van der Waals surface area contributed by atoms with E-state index in [0.717, 1.165) is 5.75 Å². The third kappa shape index (κ3) is 4.05. The molecule has 2 N–H and O–H groups in total. The largest absolute Gasteiger partial charge is 0.327 e. The average molecular weight is 103 g/mol. The summed E-state index contributed by atoms with van der Waals surface area (Å²) >= 11 is 3.91. The van der Waals surface area contributed by atoms with Gasteiger partial charge >= 0.3 is 0 Å². The van der Waals surface area contributed by atoms with Crippen molar-refractivity contribution in [1.29, 1.82) is 0 Å². The molecular formula is C4H9NS. The van der Waals surface area contributed by atoms with Crippen molar-refractivity contribution in [1.82, 2.24) is 0 Å². The van der Waals surface area contributed by atoms with E-state index in [1.54, 1.807) is 0 Å². The zero-order chi connectivity index (χ0) is 4.83. The zero-order valence-electron chi connectivity index (χ0n) is 3.59. The maximum Gasteiger partial charge on any atom is 0.0107 e. The van der Waals surface area contributed by atoms with Crippen LogP contribution < -0.4 is 5.73 Å². The second-order valence-electron chi connectivity index (χ2n) is 0.890. The van der Waals surface area contributed by atoms with E-state index in [9.17, 15) is 0 Å². The van der Waals surface area contributed by atoms with E-state index >= 15 is 0 Å². The first-order valence-electron chi connectivity index (χ1n) is 1.87. The average Bonchev–Trinajstić information content (AvgIpc) is 1.61. The fourth-order valence-electron chi connectivity index (χ4n) is 0.171. The molecule has 0 unspecified atom stereocenters. The van der Waals surface area contributed by atoms with Crippen LogP contribution >= 0.6 is 12.6 Å². The van der Waals surface area contributed by atoms with Gasteiger partial charge in [0.15, 0.2) is 0 Å². The molecule has 2 heteroatoms. The van der Waals surface area contributed by atoms with Crippen LogP contribution in [0.1, 0.15) is 0 Å². The van der Waals surface area contributed by atoms with Crippen LogP contribution in [0.3, 0.4) is 0 Å². The summed E-state index contributed by atoms with van der Waals surface area (Å²) in [6.07, 6.45) is 3.80. The van der Waals surface area contributed by atoms with Gasteiger partial charge in [-0.1, -0.05) is 12.2 Å². The summed E-state index contributed by atoms with van der Waals surface area (Å²) < 4.78 is 0. The fraction of sp³-hybridized carbons (Fsp3) is 0.500. The molecule has 0 spiro atoms. The van der Waals surface area contributed by atoms with Gasteiger partial charge in [0.25, 0.3) is 0 Å². The molecule has 0 aromatic heterocycles. The minimum absolute atomic E-state index is 0.626. The van der Waals surface area contributed by atoms with Gasteiger partial charge in [0.05, 0.1) is 0 Å². The van der Waals surface area contributed by atoms with Crippen LogP contribution in [0.5, 0.6) is 0 Å². The van der Waals surface area contributed by atoms with Gasteiger partial charge in [0.2, 0.25) is 0 Å². The highest BCUT2D eigenvalue weighted by Crippen LogP contribution is 1.72. The third-order valence-electron chi connectivity index (χ3n) is 0.408. The minimum atomic E-state index is 0.626. The highest BCUT2D eigenvalue weighted by molar-refractivity contribution is 7.80. The molecule has 0 radical (unpaired) electrons. The molecule has 0 aliphatic heterocycles. The Kier molecular flexibility index (Phi) is 5.09. The Balaban J connectivity index is 2.73. The summed E-state index contributed by atoms with van der Waals surface area (Å²) in [4.78, 5) is 0. The second-order valence-corrected chi connectivity index (χ2v) is 1.25. The van der Waals surface area contributed by atoms with E-state index in [-0.39, 0.29) is 0 Å². The van der Waals surface area contributed by atoms with Gasteiger partial charge in [-0.25, -0.2) is 0 Å². The molecule has 0 aliphatic carbocycles. The summed E-state index contributed by atoms with van der Waals surface area (Å²) in [5.41, 5.74) is 5.09. The molecule has 0 fully saturated rings. The van der Waals surface area contributed by atoms with Crippen molar-refractivity contribution in [2.45, 2.75) is 0 Å². The van der Waals surface area contributed by atoms with E-state index in [1.807, 2.05) is 12.2 Å². The molecule has 1 nitrogen and oxygen atoms in total. The van der Waals surface area contributed by atoms with Gasteiger partial charge in [-0.15, -0.1) is 0 Å². The summed E-state index contributed by atoms with van der Waals surface area (Å²) in [5, 5.41) is 0. The molecule has 0 amide bonds. The van der Waals surface area contributed by atoms with Gasteiger partial charge in [-0.3, -0.25) is 0 Å². The molecule has 0 aliphatic rings. The zero-order valence-corrected chi connectivity index (χ0v) is 4.49. The number of nitrogens with two attached hydrogens (primary N) is 1. The van der Waals surface area contributed by atoms with Crippen LogP contribution in [0.2, 0.25) is 0 Å². The predicted octanol–water partition coefficient (Wildman–Crippen LogP) is 0.431. The number of hydrogen-bond acceptors (Lipinski definition) is 2. The Labute approximate surface area is 43.6 Å². The van der Waals surface area contributed by atoms with Crippen molar-refractivity contribution in [2.24, 2.45) is 5.73 Å². The quantitative estimate of drug-likeness (QED) is 0.385. The Bertz CT molecular complexity index is 36.8.